The van der Waals surface area contributed by atoms with E-state index in [1.807, 2.05) is 6.92 Å². The third-order valence-corrected chi connectivity index (χ3v) is 4.79. The van der Waals surface area contributed by atoms with Crippen LogP contribution in [-0.2, 0) is 19.5 Å². The highest BCUT2D eigenvalue weighted by atomic mass is 19.4. The van der Waals surface area contributed by atoms with Crippen molar-refractivity contribution in [1.82, 2.24) is 14.9 Å². The van der Waals surface area contributed by atoms with Gasteiger partial charge in [-0.1, -0.05) is 13.0 Å². The molecule has 2 aromatic carbocycles. The van der Waals surface area contributed by atoms with Crippen molar-refractivity contribution in [2.75, 3.05) is 0 Å². The molecule has 0 saturated heterocycles. The maximum atomic E-state index is 14.5. The summed E-state index contributed by atoms with van der Waals surface area (Å²) in [6, 6.07) is 9.32. The van der Waals surface area contributed by atoms with E-state index in [1.54, 1.807) is 18.3 Å². The zero-order chi connectivity index (χ0) is 22.9. The van der Waals surface area contributed by atoms with E-state index in [-0.39, 0.29) is 18.7 Å². The molecule has 0 aliphatic carbocycles. The number of carbonyl (C=O) groups excluding carboxylic acids is 1. The molecule has 4 rings (SSSR count). The first-order valence-electron chi connectivity index (χ1n) is 9.68. The van der Waals surface area contributed by atoms with E-state index < -0.39 is 24.0 Å². The van der Waals surface area contributed by atoms with E-state index in [4.69, 9.17) is 4.74 Å². The van der Waals surface area contributed by atoms with Crippen LogP contribution < -0.4 is 9.47 Å². The van der Waals surface area contributed by atoms with Gasteiger partial charge in [0.25, 0.3) is 0 Å². The lowest BCUT2D eigenvalue weighted by Gasteiger charge is -2.28. The molecule has 1 aromatic heterocycles. The molecule has 6 nitrogen and oxygen atoms in total. The normalized spacial score (nSPS) is 13.5. The van der Waals surface area contributed by atoms with Crippen LogP contribution in [0.4, 0.5) is 22.4 Å². The zero-order valence-electron chi connectivity index (χ0n) is 16.8. The lowest BCUT2D eigenvalue weighted by Crippen LogP contribution is -2.36. The molecule has 32 heavy (non-hydrogen) atoms. The van der Waals surface area contributed by atoms with Crippen LogP contribution in [0.3, 0.4) is 0 Å². The molecule has 166 valence electrons. The van der Waals surface area contributed by atoms with Gasteiger partial charge in [-0.3, -0.25) is 4.90 Å². The lowest BCUT2D eigenvalue weighted by molar-refractivity contribution is -0.274. The smallest absolute Gasteiger partial charge is 0.410 e. The van der Waals surface area contributed by atoms with Crippen molar-refractivity contribution >= 4 is 6.09 Å². The molecule has 0 saturated carbocycles. The number of carbonyl (C=O) groups is 1. The number of alkyl halides is 3. The van der Waals surface area contributed by atoms with E-state index in [0.29, 0.717) is 40.9 Å². The molecule has 1 aliphatic heterocycles. The molecule has 3 aromatic rings. The van der Waals surface area contributed by atoms with Crippen LogP contribution in [0.1, 0.15) is 24.0 Å². The fourth-order valence-electron chi connectivity index (χ4n) is 3.34. The molecular weight excluding hydrogens is 430 g/mol. The maximum absolute atomic E-state index is 14.5. The van der Waals surface area contributed by atoms with Gasteiger partial charge in [-0.2, -0.15) is 0 Å². The Hall–Kier alpha value is -3.69. The summed E-state index contributed by atoms with van der Waals surface area (Å²) in [6.45, 7) is 2.33. The van der Waals surface area contributed by atoms with E-state index in [9.17, 15) is 22.4 Å². The van der Waals surface area contributed by atoms with Gasteiger partial charge in [-0.15, -0.1) is 13.2 Å². The Morgan fingerprint density at radius 1 is 1.16 bits per heavy atom. The van der Waals surface area contributed by atoms with Gasteiger partial charge >= 0.3 is 12.5 Å². The number of halogens is 4. The first kappa shape index (κ1) is 21.5. The van der Waals surface area contributed by atoms with E-state index >= 15 is 0 Å². The number of aromatic nitrogens is 2. The molecule has 0 bridgehead atoms. The second-order valence-corrected chi connectivity index (χ2v) is 7.05. The van der Waals surface area contributed by atoms with Gasteiger partial charge in [0.05, 0.1) is 18.8 Å². The van der Waals surface area contributed by atoms with Crippen molar-refractivity contribution in [1.29, 1.82) is 0 Å². The second kappa shape index (κ2) is 8.45. The van der Waals surface area contributed by atoms with Gasteiger partial charge in [0, 0.05) is 29.8 Å². The number of amides is 1. The van der Waals surface area contributed by atoms with Crippen LogP contribution in [0.15, 0.2) is 48.7 Å². The zero-order valence-corrected chi connectivity index (χ0v) is 16.8. The molecule has 0 atom stereocenters. The molecule has 2 heterocycles. The molecule has 1 aliphatic rings. The van der Waals surface area contributed by atoms with Gasteiger partial charge in [0.15, 0.2) is 0 Å². The monoisotopic (exact) mass is 447 g/mol. The number of nitrogens with zero attached hydrogens (tertiary/aromatic N) is 3. The predicted octanol–water partition coefficient (Wildman–Crippen LogP) is 5.26. The summed E-state index contributed by atoms with van der Waals surface area (Å²) in [6.07, 6.45) is -3.17. The van der Waals surface area contributed by atoms with Crippen molar-refractivity contribution in [3.05, 3.63) is 71.6 Å². The number of benzene rings is 2. The Bertz CT molecular complexity index is 1170. The topological polar surface area (TPSA) is 64.6 Å². The third-order valence-electron chi connectivity index (χ3n) is 4.79. The Balaban J connectivity index is 1.57. The molecule has 10 heteroatoms. The molecule has 0 N–H and O–H groups in total. The summed E-state index contributed by atoms with van der Waals surface area (Å²) in [7, 11) is 0. The molecule has 0 spiro atoms. The molecule has 1 amide bonds. The average Bonchev–Trinajstić information content (AvgIpc) is 2.73. The molecule has 0 radical (unpaired) electrons. The maximum Gasteiger partial charge on any atom is 0.573 e. The highest BCUT2D eigenvalue weighted by Gasteiger charge is 2.31. The predicted molar refractivity (Wildman–Crippen MR) is 105 cm³/mol. The molecule has 0 fully saturated rings. The number of ether oxygens (including phenoxy) is 2. The van der Waals surface area contributed by atoms with Crippen molar-refractivity contribution < 1.29 is 31.8 Å². The standard InChI is InChI=1S/C22H17F4N3O3/c1-2-20-27-8-7-15(28-20)12-29-11-14-9-13(3-6-19(14)31-21(29)30)17-5-4-16(10-18(17)23)32-22(24,25)26/h3-10H,2,11-12H2,1H3. The highest BCUT2D eigenvalue weighted by Crippen LogP contribution is 2.34. The number of fused-ring (bicyclic) bond motifs is 1. The van der Waals surface area contributed by atoms with Crippen LogP contribution in [0.25, 0.3) is 11.1 Å². The Morgan fingerprint density at radius 3 is 2.69 bits per heavy atom. The SMILES string of the molecule is CCc1nccc(CN2Cc3cc(-c4ccc(OC(F)(F)F)cc4F)ccc3OC2=O)n1. The van der Waals surface area contributed by atoms with E-state index in [0.717, 1.165) is 6.07 Å². The molecule has 0 unspecified atom stereocenters. The third kappa shape index (κ3) is 4.79. The summed E-state index contributed by atoms with van der Waals surface area (Å²) < 4.78 is 60.7. The van der Waals surface area contributed by atoms with Gasteiger partial charge in [0.2, 0.25) is 0 Å². The van der Waals surface area contributed by atoms with Gasteiger partial charge < -0.3 is 9.47 Å². The van der Waals surface area contributed by atoms with Crippen LogP contribution in [-0.4, -0.2) is 27.3 Å². The van der Waals surface area contributed by atoms with E-state index in [1.165, 1.54) is 23.1 Å². The Kier molecular flexibility index (Phi) is 5.68. The summed E-state index contributed by atoms with van der Waals surface area (Å²) in [5.41, 5.74) is 1.80. The number of aryl methyl sites for hydroxylation is 1. The fraction of sp³-hybridized carbons (Fsp3) is 0.227. The minimum absolute atomic E-state index is 0.0918. The van der Waals surface area contributed by atoms with Crippen molar-refractivity contribution in [3.63, 3.8) is 0 Å². The number of hydrogen-bond donors (Lipinski definition) is 0. The Morgan fingerprint density at radius 2 is 1.97 bits per heavy atom. The fourth-order valence-corrected chi connectivity index (χ4v) is 3.34. The summed E-state index contributed by atoms with van der Waals surface area (Å²) in [5.74, 6) is -0.522. The van der Waals surface area contributed by atoms with Crippen LogP contribution in [0.5, 0.6) is 11.5 Å². The summed E-state index contributed by atoms with van der Waals surface area (Å²) in [4.78, 5) is 22.3. The van der Waals surface area contributed by atoms with Crippen molar-refractivity contribution in [3.8, 4) is 22.6 Å². The lowest BCUT2D eigenvalue weighted by atomic mass is 10.0. The number of rotatable bonds is 5. The second-order valence-electron chi connectivity index (χ2n) is 7.05. The van der Waals surface area contributed by atoms with E-state index in [2.05, 4.69) is 14.7 Å². The van der Waals surface area contributed by atoms with Gasteiger partial charge in [-0.25, -0.2) is 19.2 Å². The average molecular weight is 447 g/mol. The first-order valence-corrected chi connectivity index (χ1v) is 9.68. The minimum Gasteiger partial charge on any atom is -0.410 e. The van der Waals surface area contributed by atoms with Gasteiger partial charge in [-0.05, 0) is 35.9 Å². The largest absolute Gasteiger partial charge is 0.573 e. The van der Waals surface area contributed by atoms with Crippen molar-refractivity contribution in [2.45, 2.75) is 32.8 Å². The van der Waals surface area contributed by atoms with Crippen molar-refractivity contribution in [2.24, 2.45) is 0 Å². The quantitative estimate of drug-likeness (QED) is 0.500. The minimum atomic E-state index is -4.91. The van der Waals surface area contributed by atoms with Gasteiger partial charge in [0.1, 0.15) is 23.1 Å². The first-order chi connectivity index (χ1) is 15.2. The van der Waals surface area contributed by atoms with Crippen LogP contribution in [0.2, 0.25) is 0 Å². The van der Waals surface area contributed by atoms with Crippen LogP contribution >= 0.6 is 0 Å². The highest BCUT2D eigenvalue weighted by molar-refractivity contribution is 5.75. The summed E-state index contributed by atoms with van der Waals surface area (Å²) >= 11 is 0. The number of hydrogen-bond acceptors (Lipinski definition) is 5. The van der Waals surface area contributed by atoms with Crippen LogP contribution in [0, 0.1) is 5.82 Å². The summed E-state index contributed by atoms with van der Waals surface area (Å²) in [5, 5.41) is 0. The Labute approximate surface area is 180 Å². The molecular formula is C22H17F4N3O3.